The number of nitrogens with one attached hydrogen (secondary N) is 1. The predicted molar refractivity (Wildman–Crippen MR) is 98.2 cm³/mol. The third kappa shape index (κ3) is 3.07. The van der Waals surface area contributed by atoms with Gasteiger partial charge in [-0.3, -0.25) is 4.99 Å². The minimum Gasteiger partial charge on any atom is -0.467 e. The van der Waals surface area contributed by atoms with Gasteiger partial charge in [0, 0.05) is 27.9 Å². The highest BCUT2D eigenvalue weighted by molar-refractivity contribution is 6.29. The Morgan fingerprint density at radius 2 is 2.08 bits per heavy atom. The number of aliphatic imine (C=N–C) groups is 1. The number of allylic oxidation sites excluding steroid dienone is 5. The zero-order valence-corrected chi connectivity index (χ0v) is 15.6. The predicted octanol–water partition coefficient (Wildman–Crippen LogP) is 2.97. The Morgan fingerprint density at radius 3 is 2.68 bits per heavy atom. The SMILES string of the molecule is COC(=O)C(O)C1=C(C2=CC=C(Cl)CC2)C2C(C)=C(C)NC2N=C1C. The van der Waals surface area contributed by atoms with E-state index in [4.69, 9.17) is 21.3 Å². The summed E-state index contributed by atoms with van der Waals surface area (Å²) < 4.78 is 4.77. The van der Waals surface area contributed by atoms with Crippen LogP contribution in [0.25, 0.3) is 0 Å². The molecule has 0 bridgehead atoms. The van der Waals surface area contributed by atoms with Crippen LogP contribution in [-0.2, 0) is 9.53 Å². The molecule has 1 aliphatic carbocycles. The van der Waals surface area contributed by atoms with E-state index < -0.39 is 12.1 Å². The average Bonchev–Trinajstić information content (AvgIpc) is 2.87. The number of carbonyl (C=O) groups is 1. The first kappa shape index (κ1) is 18.0. The Balaban J connectivity index is 2.20. The van der Waals surface area contributed by atoms with E-state index in [1.807, 2.05) is 26.0 Å². The van der Waals surface area contributed by atoms with Crippen molar-refractivity contribution in [1.82, 2.24) is 5.32 Å². The summed E-state index contributed by atoms with van der Waals surface area (Å²) in [6.45, 7) is 5.92. The summed E-state index contributed by atoms with van der Waals surface area (Å²) in [7, 11) is 1.28. The van der Waals surface area contributed by atoms with Crippen LogP contribution in [0.2, 0.25) is 0 Å². The Labute approximate surface area is 152 Å². The fraction of sp³-hybridized carbons (Fsp3) is 0.474. The van der Waals surface area contributed by atoms with Crippen LogP contribution in [0.15, 0.2) is 50.2 Å². The number of dihydropyridines is 1. The lowest BCUT2D eigenvalue weighted by Gasteiger charge is -2.33. The summed E-state index contributed by atoms with van der Waals surface area (Å²) in [4.78, 5) is 16.7. The highest BCUT2D eigenvalue weighted by Gasteiger charge is 2.42. The number of esters is 1. The molecule has 3 rings (SSSR count). The van der Waals surface area contributed by atoms with Crippen molar-refractivity contribution in [2.24, 2.45) is 10.9 Å². The van der Waals surface area contributed by atoms with Crippen LogP contribution in [0.1, 0.15) is 33.6 Å². The quantitative estimate of drug-likeness (QED) is 0.757. The number of methoxy groups -OCH3 is 1. The minimum atomic E-state index is -1.35. The molecule has 3 aliphatic rings. The largest absolute Gasteiger partial charge is 0.467 e. The van der Waals surface area contributed by atoms with Crippen LogP contribution in [-0.4, -0.2) is 36.2 Å². The molecule has 2 aliphatic heterocycles. The van der Waals surface area contributed by atoms with Gasteiger partial charge in [0.05, 0.1) is 7.11 Å². The monoisotopic (exact) mass is 362 g/mol. The van der Waals surface area contributed by atoms with Crippen molar-refractivity contribution in [2.75, 3.05) is 7.11 Å². The number of aliphatic hydroxyl groups is 1. The maximum Gasteiger partial charge on any atom is 0.339 e. The first-order valence-corrected chi connectivity index (χ1v) is 8.77. The van der Waals surface area contributed by atoms with Crippen LogP contribution in [0.4, 0.5) is 0 Å². The van der Waals surface area contributed by atoms with Gasteiger partial charge in [0.15, 0.2) is 6.10 Å². The number of fused-ring (bicyclic) bond motifs is 1. The highest BCUT2D eigenvalue weighted by atomic mass is 35.5. The number of ether oxygens (including phenoxy) is 1. The van der Waals surface area contributed by atoms with Gasteiger partial charge in [-0.25, -0.2) is 4.79 Å². The van der Waals surface area contributed by atoms with Gasteiger partial charge in [0.2, 0.25) is 0 Å². The van der Waals surface area contributed by atoms with Gasteiger partial charge >= 0.3 is 5.97 Å². The molecular weight excluding hydrogens is 340 g/mol. The summed E-state index contributed by atoms with van der Waals surface area (Å²) in [5.74, 6) is -0.677. The van der Waals surface area contributed by atoms with Crippen molar-refractivity contribution in [1.29, 1.82) is 0 Å². The number of hydrogen-bond donors (Lipinski definition) is 2. The molecule has 6 heteroatoms. The molecule has 0 aromatic rings. The standard InChI is InChI=1S/C19H23ClN2O3/c1-9-10(2)21-18-14(9)16(12-5-7-13(20)8-6-12)15(11(3)22-18)17(23)19(24)25-4/h5,7,14,17-18,21,23H,6,8H2,1-4H3. The summed E-state index contributed by atoms with van der Waals surface area (Å²) in [5, 5.41) is 14.8. The lowest BCUT2D eigenvalue weighted by atomic mass is 9.76. The van der Waals surface area contributed by atoms with Crippen molar-refractivity contribution in [3.63, 3.8) is 0 Å². The molecule has 134 valence electrons. The molecule has 0 amide bonds. The van der Waals surface area contributed by atoms with E-state index in [0.29, 0.717) is 11.3 Å². The van der Waals surface area contributed by atoms with E-state index in [1.165, 1.54) is 12.7 Å². The van der Waals surface area contributed by atoms with E-state index in [-0.39, 0.29) is 12.1 Å². The first-order valence-electron chi connectivity index (χ1n) is 8.39. The number of nitrogens with zero attached hydrogens (tertiary/aromatic N) is 1. The van der Waals surface area contributed by atoms with Crippen LogP contribution >= 0.6 is 11.6 Å². The summed E-state index contributed by atoms with van der Waals surface area (Å²) in [6.07, 6.45) is 3.94. The Kier molecular flexibility index (Phi) is 4.89. The molecule has 0 saturated carbocycles. The third-order valence-corrected chi connectivity index (χ3v) is 5.52. The number of rotatable bonds is 3. The van der Waals surface area contributed by atoms with Crippen molar-refractivity contribution in [3.8, 4) is 0 Å². The third-order valence-electron chi connectivity index (χ3n) is 5.20. The molecule has 0 saturated heterocycles. The molecule has 0 radical (unpaired) electrons. The van der Waals surface area contributed by atoms with Gasteiger partial charge in [0.25, 0.3) is 0 Å². The fourth-order valence-electron chi connectivity index (χ4n) is 3.79. The Morgan fingerprint density at radius 1 is 1.36 bits per heavy atom. The fourth-order valence-corrected chi connectivity index (χ4v) is 3.95. The zero-order chi connectivity index (χ0) is 18.3. The average molecular weight is 363 g/mol. The number of aliphatic hydroxyl groups excluding tert-OH is 1. The second-order valence-corrected chi connectivity index (χ2v) is 7.13. The van der Waals surface area contributed by atoms with E-state index >= 15 is 0 Å². The van der Waals surface area contributed by atoms with Crippen molar-refractivity contribution >= 4 is 23.3 Å². The van der Waals surface area contributed by atoms with E-state index in [9.17, 15) is 9.90 Å². The normalized spacial score (nSPS) is 27.2. The minimum absolute atomic E-state index is 0.00506. The molecule has 2 N–H and O–H groups in total. The highest BCUT2D eigenvalue weighted by Crippen LogP contribution is 2.43. The zero-order valence-electron chi connectivity index (χ0n) is 14.9. The van der Waals surface area contributed by atoms with Crippen LogP contribution in [0.3, 0.4) is 0 Å². The molecule has 3 unspecified atom stereocenters. The molecule has 2 heterocycles. The summed E-state index contributed by atoms with van der Waals surface area (Å²) >= 11 is 6.12. The topological polar surface area (TPSA) is 70.9 Å². The Bertz CT molecular complexity index is 774. The van der Waals surface area contributed by atoms with E-state index in [0.717, 1.165) is 34.7 Å². The molecule has 0 aromatic heterocycles. The van der Waals surface area contributed by atoms with Gasteiger partial charge in [0.1, 0.15) is 6.17 Å². The van der Waals surface area contributed by atoms with Gasteiger partial charge in [-0.2, -0.15) is 0 Å². The van der Waals surface area contributed by atoms with Crippen LogP contribution < -0.4 is 5.32 Å². The lowest BCUT2D eigenvalue weighted by Crippen LogP contribution is -2.39. The van der Waals surface area contributed by atoms with Gasteiger partial charge in [-0.15, -0.1) is 0 Å². The molecule has 0 aromatic carbocycles. The van der Waals surface area contributed by atoms with Gasteiger partial charge in [-0.1, -0.05) is 17.7 Å². The number of hydrogen-bond acceptors (Lipinski definition) is 5. The Hall–Kier alpha value is -1.85. The second kappa shape index (κ2) is 6.81. The van der Waals surface area contributed by atoms with Crippen molar-refractivity contribution in [2.45, 2.75) is 45.9 Å². The lowest BCUT2D eigenvalue weighted by molar-refractivity contribution is -0.148. The van der Waals surface area contributed by atoms with E-state index in [1.54, 1.807) is 0 Å². The molecule has 3 atom stereocenters. The second-order valence-electron chi connectivity index (χ2n) is 6.65. The first-order chi connectivity index (χ1) is 11.8. The molecule has 5 nitrogen and oxygen atoms in total. The van der Waals surface area contributed by atoms with Gasteiger partial charge < -0.3 is 15.2 Å². The molecular formula is C19H23ClN2O3. The molecule has 25 heavy (non-hydrogen) atoms. The maximum absolute atomic E-state index is 12.0. The maximum atomic E-state index is 12.0. The van der Waals surface area contributed by atoms with Gasteiger partial charge in [-0.05, 0) is 56.4 Å². The summed E-state index contributed by atoms with van der Waals surface area (Å²) in [5.41, 5.74) is 5.53. The number of halogens is 1. The summed E-state index contributed by atoms with van der Waals surface area (Å²) in [6, 6.07) is 0. The van der Waals surface area contributed by atoms with Crippen molar-refractivity contribution in [3.05, 3.63) is 45.2 Å². The number of carbonyl (C=O) groups excluding carboxylic acids is 1. The van der Waals surface area contributed by atoms with Crippen molar-refractivity contribution < 1.29 is 14.6 Å². The molecule has 0 spiro atoms. The molecule has 0 fully saturated rings. The van der Waals surface area contributed by atoms with Crippen LogP contribution in [0.5, 0.6) is 0 Å². The van der Waals surface area contributed by atoms with E-state index in [2.05, 4.69) is 12.2 Å². The smallest absolute Gasteiger partial charge is 0.339 e. The van der Waals surface area contributed by atoms with Crippen LogP contribution in [0, 0.1) is 5.92 Å².